The summed E-state index contributed by atoms with van der Waals surface area (Å²) in [5, 5.41) is 15.4. The van der Waals surface area contributed by atoms with Gasteiger partial charge in [0.1, 0.15) is 11.9 Å². The molecule has 0 fully saturated rings. The number of carboxylic acid groups (broad SMARTS) is 1. The van der Waals surface area contributed by atoms with Gasteiger partial charge in [-0.05, 0) is 48.4 Å². The Bertz CT molecular complexity index is 1150. The molecule has 0 bridgehead atoms. The number of aliphatic carboxylic acids is 1. The molecule has 4 rings (SSSR count). The largest absolute Gasteiger partial charge is 0.480 e. The number of carboxylic acids is 1. The number of H-pyrrole nitrogens is 1. The van der Waals surface area contributed by atoms with E-state index in [2.05, 4.69) is 15.3 Å². The second kappa shape index (κ2) is 6.93. The smallest absolute Gasteiger partial charge is 0.326 e. The first-order valence-electron chi connectivity index (χ1n) is 8.62. The van der Waals surface area contributed by atoms with Crippen LogP contribution in [-0.2, 0) is 11.2 Å². The van der Waals surface area contributed by atoms with E-state index in [0.29, 0.717) is 17.3 Å². The normalized spacial score (nSPS) is 12.4. The first-order chi connectivity index (χ1) is 13.0. The number of fused-ring (bicyclic) bond motifs is 2. The summed E-state index contributed by atoms with van der Waals surface area (Å²) >= 11 is 6.09. The van der Waals surface area contributed by atoms with Gasteiger partial charge in [0.2, 0.25) is 0 Å². The number of hydrogen-bond donors (Lipinski definition) is 3. The van der Waals surface area contributed by atoms with Crippen LogP contribution in [0.15, 0.2) is 54.7 Å². The molecule has 0 radical (unpaired) electrons. The fourth-order valence-corrected chi connectivity index (χ4v) is 3.63. The average molecular weight is 380 g/mol. The van der Waals surface area contributed by atoms with Crippen LogP contribution >= 0.6 is 11.6 Å². The van der Waals surface area contributed by atoms with Crippen LogP contribution in [0.25, 0.3) is 21.8 Å². The number of hydrogen-bond acceptors (Lipinski definition) is 3. The second-order valence-electron chi connectivity index (χ2n) is 6.59. The zero-order chi connectivity index (χ0) is 19.0. The molecule has 0 saturated carbocycles. The van der Waals surface area contributed by atoms with E-state index in [1.54, 1.807) is 6.07 Å². The summed E-state index contributed by atoms with van der Waals surface area (Å²) < 4.78 is 0. The fourth-order valence-electron chi connectivity index (χ4n) is 3.35. The highest BCUT2D eigenvalue weighted by Crippen LogP contribution is 2.25. The lowest BCUT2D eigenvalue weighted by Gasteiger charge is -2.15. The highest BCUT2D eigenvalue weighted by atomic mass is 35.5. The Labute approximate surface area is 161 Å². The lowest BCUT2D eigenvalue weighted by atomic mass is 10.0. The van der Waals surface area contributed by atoms with E-state index in [1.807, 2.05) is 55.6 Å². The van der Waals surface area contributed by atoms with Gasteiger partial charge in [-0.25, -0.2) is 9.78 Å². The Morgan fingerprint density at radius 2 is 2.07 bits per heavy atom. The summed E-state index contributed by atoms with van der Waals surface area (Å²) in [6.45, 7) is 1.94. The van der Waals surface area contributed by atoms with E-state index in [1.165, 1.54) is 0 Å². The molecular weight excluding hydrogens is 362 g/mol. The van der Waals surface area contributed by atoms with Gasteiger partial charge in [0.05, 0.1) is 5.52 Å². The van der Waals surface area contributed by atoms with Crippen LogP contribution in [0.3, 0.4) is 0 Å². The van der Waals surface area contributed by atoms with Crippen molar-refractivity contribution in [1.29, 1.82) is 0 Å². The Balaban J connectivity index is 1.64. The lowest BCUT2D eigenvalue weighted by Crippen LogP contribution is -2.31. The number of aromatic nitrogens is 2. The van der Waals surface area contributed by atoms with E-state index in [9.17, 15) is 9.90 Å². The third kappa shape index (κ3) is 3.46. The van der Waals surface area contributed by atoms with Gasteiger partial charge < -0.3 is 15.4 Å². The molecule has 2 aromatic heterocycles. The third-order valence-corrected chi connectivity index (χ3v) is 4.89. The maximum absolute atomic E-state index is 11.8. The van der Waals surface area contributed by atoms with Gasteiger partial charge >= 0.3 is 5.97 Å². The number of halogens is 1. The highest BCUT2D eigenvalue weighted by Gasteiger charge is 2.20. The number of anilines is 1. The molecule has 0 aliphatic carbocycles. The molecule has 0 aliphatic heterocycles. The molecule has 4 aromatic rings. The summed E-state index contributed by atoms with van der Waals surface area (Å²) in [7, 11) is 0. The number of nitrogens with zero attached hydrogens (tertiary/aromatic N) is 1. The Hall–Kier alpha value is -3.05. The number of aromatic amines is 1. The van der Waals surface area contributed by atoms with Crippen molar-refractivity contribution >= 4 is 45.2 Å². The minimum Gasteiger partial charge on any atom is -0.480 e. The van der Waals surface area contributed by atoms with E-state index < -0.39 is 12.0 Å². The highest BCUT2D eigenvalue weighted by molar-refractivity contribution is 6.31. The van der Waals surface area contributed by atoms with Crippen LogP contribution in [0.2, 0.25) is 5.02 Å². The molecule has 136 valence electrons. The van der Waals surface area contributed by atoms with Crippen LogP contribution < -0.4 is 5.32 Å². The van der Waals surface area contributed by atoms with Crippen molar-refractivity contribution in [1.82, 2.24) is 9.97 Å². The standard InChI is InChI=1S/C21H18ClN3O2/c1-12-8-15(22)9-13-6-7-19(25-20(12)13)24-18(21(26)27)10-14-11-23-17-5-3-2-4-16(14)17/h2-9,11,18,23H,10H2,1H3,(H,24,25)(H,26,27). The SMILES string of the molecule is Cc1cc(Cl)cc2ccc(NC(Cc3c[nH]c4ccccc34)C(=O)O)nc12. The maximum Gasteiger partial charge on any atom is 0.326 e. The van der Waals surface area contributed by atoms with Crippen molar-refractivity contribution in [3.8, 4) is 0 Å². The minimum absolute atomic E-state index is 0.346. The monoisotopic (exact) mass is 379 g/mol. The van der Waals surface area contributed by atoms with Gasteiger partial charge in [-0.2, -0.15) is 0 Å². The number of para-hydroxylation sites is 1. The molecular formula is C21H18ClN3O2. The van der Waals surface area contributed by atoms with Crippen LogP contribution in [0, 0.1) is 6.92 Å². The summed E-state index contributed by atoms with van der Waals surface area (Å²) in [5.41, 5.74) is 3.70. The zero-order valence-electron chi connectivity index (χ0n) is 14.7. The van der Waals surface area contributed by atoms with Crippen LogP contribution in [0.5, 0.6) is 0 Å². The third-order valence-electron chi connectivity index (χ3n) is 4.67. The van der Waals surface area contributed by atoms with Gasteiger partial charge in [-0.1, -0.05) is 29.8 Å². The van der Waals surface area contributed by atoms with Gasteiger partial charge in [-0.3, -0.25) is 0 Å². The van der Waals surface area contributed by atoms with Gasteiger partial charge in [0.15, 0.2) is 0 Å². The number of rotatable bonds is 5. The predicted octanol–water partition coefficient (Wildman–Crippen LogP) is 4.79. The zero-order valence-corrected chi connectivity index (χ0v) is 15.4. The lowest BCUT2D eigenvalue weighted by molar-refractivity contribution is -0.137. The van der Waals surface area contributed by atoms with Crippen LogP contribution in [0.1, 0.15) is 11.1 Å². The number of aryl methyl sites for hydroxylation is 1. The molecule has 3 N–H and O–H groups in total. The molecule has 0 saturated heterocycles. The summed E-state index contributed by atoms with van der Waals surface area (Å²) in [4.78, 5) is 19.6. The molecule has 27 heavy (non-hydrogen) atoms. The van der Waals surface area contributed by atoms with Crippen molar-refractivity contribution in [2.45, 2.75) is 19.4 Å². The first-order valence-corrected chi connectivity index (χ1v) is 9.00. The molecule has 0 amide bonds. The van der Waals surface area contributed by atoms with Gasteiger partial charge in [0.25, 0.3) is 0 Å². The number of nitrogens with one attached hydrogen (secondary N) is 2. The summed E-state index contributed by atoms with van der Waals surface area (Å²) in [6.07, 6.45) is 2.21. The van der Waals surface area contributed by atoms with Crippen molar-refractivity contribution in [2.24, 2.45) is 0 Å². The molecule has 6 heteroatoms. The Kier molecular flexibility index (Phi) is 4.46. The Morgan fingerprint density at radius 3 is 2.89 bits per heavy atom. The predicted molar refractivity (Wildman–Crippen MR) is 109 cm³/mol. The number of benzene rings is 2. The van der Waals surface area contributed by atoms with Crippen LogP contribution in [-0.4, -0.2) is 27.1 Å². The molecule has 0 aliphatic rings. The summed E-state index contributed by atoms with van der Waals surface area (Å²) in [5.74, 6) is -0.393. The van der Waals surface area contributed by atoms with Gasteiger partial charge in [-0.15, -0.1) is 0 Å². The van der Waals surface area contributed by atoms with Crippen molar-refractivity contribution in [3.63, 3.8) is 0 Å². The number of carbonyl (C=O) groups is 1. The molecule has 1 atom stereocenters. The van der Waals surface area contributed by atoms with Gasteiger partial charge in [0, 0.05) is 33.9 Å². The van der Waals surface area contributed by atoms with Crippen LogP contribution in [0.4, 0.5) is 5.82 Å². The van der Waals surface area contributed by atoms with E-state index in [4.69, 9.17) is 11.6 Å². The molecule has 2 aromatic carbocycles. The molecule has 2 heterocycles. The van der Waals surface area contributed by atoms with E-state index in [0.717, 1.165) is 32.9 Å². The topological polar surface area (TPSA) is 78.0 Å². The second-order valence-corrected chi connectivity index (χ2v) is 7.03. The molecule has 5 nitrogen and oxygen atoms in total. The maximum atomic E-state index is 11.8. The van der Waals surface area contributed by atoms with E-state index >= 15 is 0 Å². The van der Waals surface area contributed by atoms with Crippen molar-refractivity contribution < 1.29 is 9.90 Å². The minimum atomic E-state index is -0.921. The van der Waals surface area contributed by atoms with Crippen molar-refractivity contribution in [2.75, 3.05) is 5.32 Å². The average Bonchev–Trinajstić information content (AvgIpc) is 3.04. The summed E-state index contributed by atoms with van der Waals surface area (Å²) in [6, 6.07) is 14.4. The molecule has 0 spiro atoms. The van der Waals surface area contributed by atoms with E-state index in [-0.39, 0.29) is 0 Å². The fraction of sp³-hybridized carbons (Fsp3) is 0.143. The Morgan fingerprint density at radius 1 is 1.26 bits per heavy atom. The van der Waals surface area contributed by atoms with Crippen molar-refractivity contribution in [3.05, 3.63) is 70.9 Å². The number of pyridine rings is 1. The molecule has 1 unspecified atom stereocenters. The quantitative estimate of drug-likeness (QED) is 0.466. The first kappa shape index (κ1) is 17.4.